The maximum atomic E-state index is 6.82. The van der Waals surface area contributed by atoms with Crippen LogP contribution in [0.1, 0.15) is 0 Å². The van der Waals surface area contributed by atoms with Crippen LogP contribution in [0.2, 0.25) is 0 Å². The van der Waals surface area contributed by atoms with Crippen molar-refractivity contribution < 1.29 is 17.7 Å². The van der Waals surface area contributed by atoms with Gasteiger partial charge in [-0.3, -0.25) is 0 Å². The number of rotatable bonds is 6. The predicted octanol–water partition coefficient (Wildman–Crippen LogP) is 18.5. The second-order valence-electron chi connectivity index (χ2n) is 17.6. The molecular formula is C62H36N2O4. The molecule has 15 rings (SSSR count). The van der Waals surface area contributed by atoms with E-state index in [-0.39, 0.29) is 0 Å². The van der Waals surface area contributed by atoms with Gasteiger partial charge in [0.25, 0.3) is 0 Å². The van der Waals surface area contributed by atoms with Crippen molar-refractivity contribution in [2.45, 2.75) is 0 Å². The third kappa shape index (κ3) is 5.52. The zero-order chi connectivity index (χ0) is 44.5. The summed E-state index contributed by atoms with van der Waals surface area (Å²) in [5.41, 5.74) is 13.2. The summed E-state index contributed by atoms with van der Waals surface area (Å²) in [4.78, 5) is 4.60. The second kappa shape index (κ2) is 14.1. The summed E-state index contributed by atoms with van der Waals surface area (Å²) in [5.74, 6) is 0. The lowest BCUT2D eigenvalue weighted by Gasteiger charge is -2.26. The SMILES string of the molecule is c1ccc(N(c2ccc3c(ccc4c5cc6oc7c8ccc(N(c9ccccc9)c9ccc%10oc%11ccccc%11c%10c9)cc8ccc7c6cc5oc34)c2)c2ccc3oc4ccccc4c3c2)cc1. The molecule has 0 fully saturated rings. The molecule has 0 aliphatic rings. The predicted molar refractivity (Wildman–Crippen MR) is 280 cm³/mol. The number of furan rings is 4. The Morgan fingerprint density at radius 1 is 0.206 bits per heavy atom. The van der Waals surface area contributed by atoms with E-state index < -0.39 is 0 Å². The van der Waals surface area contributed by atoms with Gasteiger partial charge in [0.05, 0.1) is 0 Å². The Hall–Kier alpha value is -9.26. The molecule has 0 spiro atoms. The van der Waals surface area contributed by atoms with E-state index in [1.54, 1.807) is 0 Å². The van der Waals surface area contributed by atoms with Crippen LogP contribution in [0.25, 0.3) is 109 Å². The lowest BCUT2D eigenvalue weighted by atomic mass is 10.0. The number of benzene rings is 11. The standard InChI is InChI=1S/C62H36N2O4/c1-3-11-39(12-4-1)63(43-23-29-57-51(33-43)47-15-7-9-17-55(47)65-57)41-21-27-45-37(31-41)19-25-49-53-35-60-54(36-59(53)67-61(45)49)50-26-20-38-32-42(22-28-46(38)62(50)68-60)64(40-13-5-2-6-14-40)44-24-30-58-52(34-44)48-16-8-10-18-56(48)66-58/h1-36H. The quantitative estimate of drug-likeness (QED) is 0.166. The first-order valence-electron chi connectivity index (χ1n) is 22.9. The Morgan fingerprint density at radius 2 is 0.574 bits per heavy atom. The van der Waals surface area contributed by atoms with Gasteiger partial charge < -0.3 is 27.5 Å². The molecule has 0 saturated heterocycles. The normalized spacial score (nSPS) is 12.1. The molecule has 0 N–H and O–H groups in total. The van der Waals surface area contributed by atoms with Gasteiger partial charge in [-0.15, -0.1) is 0 Å². The molecule has 15 aromatic rings. The van der Waals surface area contributed by atoms with Crippen molar-refractivity contribution in [1.29, 1.82) is 0 Å². The van der Waals surface area contributed by atoms with Gasteiger partial charge in [0.15, 0.2) is 0 Å². The Morgan fingerprint density at radius 3 is 1.04 bits per heavy atom. The fourth-order valence-corrected chi connectivity index (χ4v) is 10.6. The minimum absolute atomic E-state index is 0.828. The molecule has 318 valence electrons. The molecule has 6 nitrogen and oxygen atoms in total. The van der Waals surface area contributed by atoms with E-state index in [1.807, 2.05) is 24.3 Å². The molecule has 0 unspecified atom stereocenters. The number of nitrogens with zero attached hydrogens (tertiary/aromatic N) is 2. The molecule has 0 atom stereocenters. The average molecular weight is 873 g/mol. The highest BCUT2D eigenvalue weighted by atomic mass is 16.3. The van der Waals surface area contributed by atoms with Crippen molar-refractivity contribution in [2.75, 3.05) is 9.80 Å². The minimum atomic E-state index is 0.828. The molecule has 4 heterocycles. The molecular weight excluding hydrogens is 837 g/mol. The smallest absolute Gasteiger partial charge is 0.143 e. The van der Waals surface area contributed by atoms with Gasteiger partial charge in [-0.1, -0.05) is 84.9 Å². The van der Waals surface area contributed by atoms with Crippen LogP contribution in [-0.2, 0) is 0 Å². The number of fused-ring (bicyclic) bond motifs is 16. The summed E-state index contributed by atoms with van der Waals surface area (Å²) >= 11 is 0. The van der Waals surface area contributed by atoms with Gasteiger partial charge in [0.1, 0.15) is 44.7 Å². The number of hydrogen-bond acceptors (Lipinski definition) is 6. The van der Waals surface area contributed by atoms with E-state index in [2.05, 4.69) is 204 Å². The van der Waals surface area contributed by atoms with Crippen LogP contribution in [0.5, 0.6) is 0 Å². The minimum Gasteiger partial charge on any atom is -0.456 e. The highest BCUT2D eigenvalue weighted by Gasteiger charge is 2.21. The zero-order valence-electron chi connectivity index (χ0n) is 36.3. The fourth-order valence-electron chi connectivity index (χ4n) is 10.6. The van der Waals surface area contributed by atoms with Crippen LogP contribution < -0.4 is 9.80 Å². The largest absolute Gasteiger partial charge is 0.456 e. The van der Waals surface area contributed by atoms with Crippen molar-refractivity contribution in [3.8, 4) is 0 Å². The molecule has 68 heavy (non-hydrogen) atoms. The van der Waals surface area contributed by atoms with Crippen LogP contribution in [0, 0.1) is 0 Å². The Kier molecular flexibility index (Phi) is 7.69. The molecule has 11 aromatic carbocycles. The van der Waals surface area contributed by atoms with Crippen LogP contribution in [0.4, 0.5) is 34.1 Å². The molecule has 0 aliphatic heterocycles. The topological polar surface area (TPSA) is 59.0 Å². The van der Waals surface area contributed by atoms with Crippen LogP contribution in [-0.4, -0.2) is 0 Å². The van der Waals surface area contributed by atoms with Crippen LogP contribution >= 0.6 is 0 Å². The first-order chi connectivity index (χ1) is 33.7. The maximum Gasteiger partial charge on any atom is 0.143 e. The molecule has 0 radical (unpaired) electrons. The fraction of sp³-hybridized carbons (Fsp3) is 0. The van der Waals surface area contributed by atoms with Crippen LogP contribution in [0.15, 0.2) is 236 Å². The summed E-state index contributed by atoms with van der Waals surface area (Å²) in [6, 6.07) is 76.6. The van der Waals surface area contributed by atoms with Gasteiger partial charge >= 0.3 is 0 Å². The molecule has 4 aromatic heterocycles. The highest BCUT2D eigenvalue weighted by molar-refractivity contribution is 6.22. The second-order valence-corrected chi connectivity index (χ2v) is 17.6. The monoisotopic (exact) mass is 872 g/mol. The lowest BCUT2D eigenvalue weighted by Crippen LogP contribution is -2.09. The van der Waals surface area contributed by atoms with E-state index in [9.17, 15) is 0 Å². The lowest BCUT2D eigenvalue weighted by molar-refractivity contribution is 0.667. The van der Waals surface area contributed by atoms with Gasteiger partial charge in [-0.2, -0.15) is 0 Å². The summed E-state index contributed by atoms with van der Waals surface area (Å²) in [6.07, 6.45) is 0. The molecule has 6 heteroatoms. The summed E-state index contributed by atoms with van der Waals surface area (Å²) < 4.78 is 26.0. The van der Waals surface area contributed by atoms with Gasteiger partial charge in [0, 0.05) is 88.0 Å². The summed E-state index contributed by atoms with van der Waals surface area (Å²) in [6.45, 7) is 0. The van der Waals surface area contributed by atoms with Crippen molar-refractivity contribution >= 4 is 143 Å². The first kappa shape index (κ1) is 37.0. The number of para-hydroxylation sites is 4. The summed E-state index contributed by atoms with van der Waals surface area (Å²) in [5, 5.41) is 12.8. The van der Waals surface area contributed by atoms with E-state index in [0.717, 1.165) is 143 Å². The Balaban J connectivity index is 0.821. The number of anilines is 6. The highest BCUT2D eigenvalue weighted by Crippen LogP contribution is 2.45. The Labute approximate surface area is 387 Å². The first-order valence-corrected chi connectivity index (χ1v) is 22.9. The third-order valence-electron chi connectivity index (χ3n) is 13.8. The molecule has 0 aliphatic carbocycles. The van der Waals surface area contributed by atoms with E-state index in [1.165, 1.54) is 0 Å². The molecule has 0 saturated carbocycles. The Bertz CT molecular complexity index is 4230. The molecule has 0 amide bonds. The number of hydrogen-bond donors (Lipinski definition) is 0. The van der Waals surface area contributed by atoms with Crippen molar-refractivity contribution in [1.82, 2.24) is 0 Å². The maximum absolute atomic E-state index is 6.82. The van der Waals surface area contributed by atoms with Gasteiger partial charge in [-0.25, -0.2) is 0 Å². The third-order valence-corrected chi connectivity index (χ3v) is 13.8. The van der Waals surface area contributed by atoms with Crippen molar-refractivity contribution in [2.24, 2.45) is 0 Å². The van der Waals surface area contributed by atoms with E-state index in [4.69, 9.17) is 17.7 Å². The molecule has 0 bridgehead atoms. The zero-order valence-corrected chi connectivity index (χ0v) is 36.3. The van der Waals surface area contributed by atoms with Gasteiger partial charge in [-0.05, 0) is 144 Å². The average Bonchev–Trinajstić information content (AvgIpc) is 4.16. The van der Waals surface area contributed by atoms with Crippen molar-refractivity contribution in [3.63, 3.8) is 0 Å². The van der Waals surface area contributed by atoms with Crippen LogP contribution in [0.3, 0.4) is 0 Å². The van der Waals surface area contributed by atoms with Gasteiger partial charge in [0.2, 0.25) is 0 Å². The van der Waals surface area contributed by atoms with E-state index in [0.29, 0.717) is 0 Å². The van der Waals surface area contributed by atoms with Crippen molar-refractivity contribution in [3.05, 3.63) is 218 Å². The summed E-state index contributed by atoms with van der Waals surface area (Å²) in [7, 11) is 0. The van der Waals surface area contributed by atoms with E-state index >= 15 is 0 Å².